The maximum Gasteiger partial charge on any atom is 0.0456 e. The van der Waals surface area contributed by atoms with E-state index in [9.17, 15) is 0 Å². The van der Waals surface area contributed by atoms with Gasteiger partial charge in [-0.1, -0.05) is 29.8 Å². The van der Waals surface area contributed by atoms with Gasteiger partial charge in [0.15, 0.2) is 0 Å². The third-order valence-corrected chi connectivity index (χ3v) is 3.40. The molecule has 3 heteroatoms. The van der Waals surface area contributed by atoms with Gasteiger partial charge in [-0.15, -0.1) is 0 Å². The van der Waals surface area contributed by atoms with Gasteiger partial charge in [0, 0.05) is 34.2 Å². The first-order valence-electron chi connectivity index (χ1n) is 5.83. The van der Waals surface area contributed by atoms with Crippen LogP contribution in [-0.4, -0.2) is 4.98 Å². The summed E-state index contributed by atoms with van der Waals surface area (Å²) in [6, 6.07) is 13.8. The Hall–Kier alpha value is -1.93. The number of aromatic amines is 1. The smallest absolute Gasteiger partial charge is 0.0456 e. The molecule has 0 atom stereocenters. The standard InChI is InChI=1S/C15H13ClN2/c16-12-5-6-14(17)10(8-12)7-11-9-18-15-4-2-1-3-13(11)15/h1-6,8-9,18H,7,17H2. The molecule has 18 heavy (non-hydrogen) atoms. The monoisotopic (exact) mass is 256 g/mol. The zero-order valence-corrected chi connectivity index (χ0v) is 10.5. The average Bonchev–Trinajstić information content (AvgIpc) is 2.78. The van der Waals surface area contributed by atoms with E-state index in [4.69, 9.17) is 17.3 Å². The molecule has 2 nitrogen and oxygen atoms in total. The van der Waals surface area contributed by atoms with Crippen molar-refractivity contribution in [3.05, 3.63) is 64.8 Å². The lowest BCUT2D eigenvalue weighted by atomic mass is 10.0. The Morgan fingerprint density at radius 2 is 1.89 bits per heavy atom. The Bertz CT molecular complexity index is 701. The highest BCUT2D eigenvalue weighted by atomic mass is 35.5. The van der Waals surface area contributed by atoms with Gasteiger partial charge in [0.05, 0.1) is 0 Å². The molecule has 3 rings (SSSR count). The van der Waals surface area contributed by atoms with Crippen molar-refractivity contribution in [3.8, 4) is 0 Å². The van der Waals surface area contributed by atoms with Gasteiger partial charge in [-0.25, -0.2) is 0 Å². The van der Waals surface area contributed by atoms with Crippen molar-refractivity contribution in [1.82, 2.24) is 4.98 Å². The van der Waals surface area contributed by atoms with Crippen LogP contribution >= 0.6 is 11.6 Å². The Kier molecular flexibility index (Phi) is 2.73. The largest absolute Gasteiger partial charge is 0.398 e. The number of halogens is 1. The van der Waals surface area contributed by atoms with E-state index in [1.807, 2.05) is 36.5 Å². The van der Waals surface area contributed by atoms with Gasteiger partial charge in [0.1, 0.15) is 0 Å². The van der Waals surface area contributed by atoms with Crippen molar-refractivity contribution >= 4 is 28.2 Å². The van der Waals surface area contributed by atoms with Crippen LogP contribution in [0.4, 0.5) is 5.69 Å². The third-order valence-electron chi connectivity index (χ3n) is 3.16. The van der Waals surface area contributed by atoms with Crippen molar-refractivity contribution in [3.63, 3.8) is 0 Å². The number of rotatable bonds is 2. The average molecular weight is 257 g/mol. The number of aromatic nitrogens is 1. The Balaban J connectivity index is 2.04. The summed E-state index contributed by atoms with van der Waals surface area (Å²) in [5, 5.41) is 1.95. The predicted molar refractivity (Wildman–Crippen MR) is 77.0 cm³/mol. The van der Waals surface area contributed by atoms with E-state index >= 15 is 0 Å². The molecule has 0 aliphatic rings. The van der Waals surface area contributed by atoms with Crippen LogP contribution in [0, 0.1) is 0 Å². The van der Waals surface area contributed by atoms with Crippen LogP contribution in [-0.2, 0) is 6.42 Å². The van der Waals surface area contributed by atoms with Crippen LogP contribution in [0.2, 0.25) is 5.02 Å². The van der Waals surface area contributed by atoms with Crippen molar-refractivity contribution in [2.75, 3.05) is 5.73 Å². The minimum atomic E-state index is 0.721. The van der Waals surface area contributed by atoms with E-state index in [1.54, 1.807) is 0 Å². The normalized spacial score (nSPS) is 10.9. The zero-order valence-electron chi connectivity index (χ0n) is 9.78. The first-order valence-corrected chi connectivity index (χ1v) is 6.21. The van der Waals surface area contributed by atoms with Crippen LogP contribution in [0.1, 0.15) is 11.1 Å². The highest BCUT2D eigenvalue weighted by Crippen LogP contribution is 2.25. The summed E-state index contributed by atoms with van der Waals surface area (Å²) in [7, 11) is 0. The van der Waals surface area contributed by atoms with Crippen LogP contribution in [0.25, 0.3) is 10.9 Å². The Labute approximate surface area is 110 Å². The van der Waals surface area contributed by atoms with Gasteiger partial charge in [0.2, 0.25) is 0 Å². The first-order chi connectivity index (χ1) is 8.74. The van der Waals surface area contributed by atoms with Crippen LogP contribution in [0.15, 0.2) is 48.7 Å². The van der Waals surface area contributed by atoms with Crippen molar-refractivity contribution < 1.29 is 0 Å². The first kappa shape index (κ1) is 11.2. The minimum Gasteiger partial charge on any atom is -0.398 e. The molecule has 2 aromatic carbocycles. The number of nitrogens with one attached hydrogen (secondary N) is 1. The number of benzene rings is 2. The number of hydrogen-bond donors (Lipinski definition) is 2. The second-order valence-corrected chi connectivity index (χ2v) is 4.82. The second kappa shape index (κ2) is 4.39. The summed E-state index contributed by atoms with van der Waals surface area (Å²) in [5.41, 5.74) is 10.2. The summed E-state index contributed by atoms with van der Waals surface area (Å²) >= 11 is 6.01. The number of hydrogen-bond acceptors (Lipinski definition) is 1. The molecule has 0 spiro atoms. The Morgan fingerprint density at radius 3 is 2.78 bits per heavy atom. The maximum absolute atomic E-state index is 6.01. The van der Waals surface area contributed by atoms with E-state index in [1.165, 1.54) is 10.9 Å². The lowest BCUT2D eigenvalue weighted by Gasteiger charge is -2.05. The molecular weight excluding hydrogens is 244 g/mol. The lowest BCUT2D eigenvalue weighted by molar-refractivity contribution is 1.21. The van der Waals surface area contributed by atoms with Gasteiger partial charge >= 0.3 is 0 Å². The van der Waals surface area contributed by atoms with E-state index in [0.29, 0.717) is 0 Å². The quantitative estimate of drug-likeness (QED) is 0.669. The topological polar surface area (TPSA) is 41.8 Å². The summed E-state index contributed by atoms with van der Waals surface area (Å²) < 4.78 is 0. The molecule has 0 radical (unpaired) electrons. The van der Waals surface area contributed by atoms with Crippen molar-refractivity contribution in [1.29, 1.82) is 0 Å². The van der Waals surface area contributed by atoms with Crippen molar-refractivity contribution in [2.24, 2.45) is 0 Å². The predicted octanol–water partition coefficient (Wildman–Crippen LogP) is 3.99. The molecule has 0 unspecified atom stereocenters. The number of nitrogen functional groups attached to an aromatic ring is 1. The van der Waals surface area contributed by atoms with E-state index in [-0.39, 0.29) is 0 Å². The molecule has 1 aromatic heterocycles. The van der Waals surface area contributed by atoms with Crippen LogP contribution < -0.4 is 5.73 Å². The summed E-state index contributed by atoms with van der Waals surface area (Å²) in [5.74, 6) is 0. The number of fused-ring (bicyclic) bond motifs is 1. The van der Waals surface area contributed by atoms with E-state index in [2.05, 4.69) is 17.1 Å². The molecule has 0 fully saturated rings. The number of para-hydroxylation sites is 1. The molecule has 0 saturated carbocycles. The van der Waals surface area contributed by atoms with Gasteiger partial charge in [-0.2, -0.15) is 0 Å². The molecule has 1 heterocycles. The van der Waals surface area contributed by atoms with Gasteiger partial charge in [-0.3, -0.25) is 0 Å². The molecule has 3 N–H and O–H groups in total. The second-order valence-electron chi connectivity index (χ2n) is 4.38. The molecule has 0 amide bonds. The fourth-order valence-corrected chi connectivity index (χ4v) is 2.41. The number of anilines is 1. The molecular formula is C15H13ClN2. The fraction of sp³-hybridized carbons (Fsp3) is 0.0667. The lowest BCUT2D eigenvalue weighted by Crippen LogP contribution is -1.95. The highest BCUT2D eigenvalue weighted by Gasteiger charge is 2.06. The molecule has 0 saturated heterocycles. The van der Waals surface area contributed by atoms with Crippen molar-refractivity contribution in [2.45, 2.75) is 6.42 Å². The molecule has 0 aliphatic carbocycles. The summed E-state index contributed by atoms with van der Waals surface area (Å²) in [6.45, 7) is 0. The van der Waals surface area contributed by atoms with Gasteiger partial charge < -0.3 is 10.7 Å². The molecule has 0 aliphatic heterocycles. The zero-order chi connectivity index (χ0) is 12.5. The van der Waals surface area contributed by atoms with E-state index in [0.717, 1.165) is 28.2 Å². The fourth-order valence-electron chi connectivity index (χ4n) is 2.21. The van der Waals surface area contributed by atoms with Crippen LogP contribution in [0.5, 0.6) is 0 Å². The molecule has 3 aromatic rings. The third kappa shape index (κ3) is 1.95. The molecule has 90 valence electrons. The number of H-pyrrole nitrogens is 1. The van der Waals surface area contributed by atoms with E-state index < -0.39 is 0 Å². The van der Waals surface area contributed by atoms with Gasteiger partial charge in [0.25, 0.3) is 0 Å². The minimum absolute atomic E-state index is 0.721. The van der Waals surface area contributed by atoms with Gasteiger partial charge in [-0.05, 0) is 35.4 Å². The molecule has 0 bridgehead atoms. The number of nitrogens with two attached hydrogens (primary N) is 1. The highest BCUT2D eigenvalue weighted by molar-refractivity contribution is 6.30. The Morgan fingerprint density at radius 1 is 1.06 bits per heavy atom. The SMILES string of the molecule is Nc1ccc(Cl)cc1Cc1c[nH]c2ccccc12. The maximum atomic E-state index is 6.01. The summed E-state index contributed by atoms with van der Waals surface area (Å²) in [6.07, 6.45) is 2.82. The summed E-state index contributed by atoms with van der Waals surface area (Å²) in [4.78, 5) is 3.27. The van der Waals surface area contributed by atoms with Crippen LogP contribution in [0.3, 0.4) is 0 Å².